The maximum Gasteiger partial charge on any atom is 0.159 e. The van der Waals surface area contributed by atoms with Gasteiger partial charge in [0.1, 0.15) is 6.10 Å². The normalized spacial score (nSPS) is 52.4. The second-order valence-corrected chi connectivity index (χ2v) is 16.3. The van der Waals surface area contributed by atoms with Gasteiger partial charge in [0, 0.05) is 30.1 Å². The molecule has 7 aliphatic rings. The van der Waals surface area contributed by atoms with E-state index in [1.165, 1.54) is 0 Å². The van der Waals surface area contributed by atoms with Crippen molar-refractivity contribution in [2.45, 2.75) is 108 Å². The van der Waals surface area contributed by atoms with Crippen molar-refractivity contribution < 1.29 is 35.1 Å². The predicted molar refractivity (Wildman–Crippen MR) is 168 cm³/mol. The van der Waals surface area contributed by atoms with Crippen LogP contribution in [0.4, 0.5) is 0 Å². The van der Waals surface area contributed by atoms with Crippen LogP contribution >= 0.6 is 0 Å². The third-order valence-corrected chi connectivity index (χ3v) is 14.0. The third kappa shape index (κ3) is 4.41. The number of carbonyl (C=O) groups is 1. The van der Waals surface area contributed by atoms with E-state index in [-0.39, 0.29) is 54.4 Å². The fourth-order valence-corrected chi connectivity index (χ4v) is 11.4. The number of nitrogens with two attached hydrogens (primary N) is 1. The van der Waals surface area contributed by atoms with E-state index in [2.05, 4.69) is 31.3 Å². The number of hydrogen-bond donors (Lipinski definition) is 7. The number of fused-ring (bicyclic) bond motifs is 2. The van der Waals surface area contributed by atoms with Crippen molar-refractivity contribution in [3.05, 3.63) is 47.7 Å². The summed E-state index contributed by atoms with van der Waals surface area (Å²) in [5.41, 5.74) is 3.35. The monoisotopic (exact) mass is 624 g/mol. The molecule has 16 unspecified atom stereocenters. The van der Waals surface area contributed by atoms with E-state index < -0.39 is 58.3 Å². The van der Waals surface area contributed by atoms with Gasteiger partial charge in [0.2, 0.25) is 0 Å². The molecule has 0 aromatic carbocycles. The van der Waals surface area contributed by atoms with Crippen molar-refractivity contribution in [2.24, 2.45) is 58.0 Å². The lowest BCUT2D eigenvalue weighted by molar-refractivity contribution is -0.200. The highest BCUT2D eigenvalue weighted by molar-refractivity contribution is 5.95. The molecule has 0 bridgehead atoms. The minimum atomic E-state index is -1.54. The van der Waals surface area contributed by atoms with Gasteiger partial charge in [0.05, 0.1) is 35.7 Å². The lowest BCUT2D eigenvalue weighted by Gasteiger charge is -2.63. The van der Waals surface area contributed by atoms with Crippen LogP contribution < -0.4 is 11.1 Å². The smallest absolute Gasteiger partial charge is 0.159 e. The first-order chi connectivity index (χ1) is 21.1. The Morgan fingerprint density at radius 3 is 2.56 bits per heavy atom. The summed E-state index contributed by atoms with van der Waals surface area (Å²) in [6, 6.07) is 0. The van der Waals surface area contributed by atoms with Crippen molar-refractivity contribution in [3.8, 4) is 0 Å². The largest absolute Gasteiger partial charge is 0.390 e. The van der Waals surface area contributed by atoms with E-state index in [1.807, 2.05) is 25.3 Å². The Morgan fingerprint density at radius 2 is 1.89 bits per heavy atom. The van der Waals surface area contributed by atoms with Crippen LogP contribution in [0.2, 0.25) is 0 Å². The fourth-order valence-electron chi connectivity index (χ4n) is 11.4. The molecule has 1 spiro atoms. The number of carbonyl (C=O) groups excluding carboxylic acids is 1. The molecule has 9 heteroatoms. The molecule has 9 nitrogen and oxygen atoms in total. The summed E-state index contributed by atoms with van der Waals surface area (Å²) < 4.78 is 6.01. The van der Waals surface area contributed by atoms with E-state index >= 15 is 0 Å². The number of allylic oxidation sites excluding steroid dienone is 5. The number of ether oxygens (including phenoxy) is 1. The van der Waals surface area contributed by atoms with Crippen LogP contribution in [0.5, 0.6) is 0 Å². The Balaban J connectivity index is 1.33. The molecule has 2 aliphatic heterocycles. The van der Waals surface area contributed by atoms with Crippen LogP contribution in [0.15, 0.2) is 47.7 Å². The molecule has 0 aromatic rings. The first-order valence-electron chi connectivity index (χ1n) is 17.1. The average molecular weight is 625 g/mol. The summed E-state index contributed by atoms with van der Waals surface area (Å²) in [6.07, 6.45) is 10.6. The first-order valence-corrected chi connectivity index (χ1v) is 17.1. The number of rotatable bonds is 4. The predicted octanol–water partition coefficient (Wildman–Crippen LogP) is 2.08. The topological polar surface area (TPSA) is 166 Å². The number of hydrogen-bond acceptors (Lipinski definition) is 9. The summed E-state index contributed by atoms with van der Waals surface area (Å²) in [5, 5.41) is 62.0. The number of dihydropyridines is 1. The Morgan fingerprint density at radius 1 is 1.13 bits per heavy atom. The third-order valence-electron chi connectivity index (χ3n) is 14.0. The minimum absolute atomic E-state index is 0.0602. The fraction of sp³-hybridized carbons (Fsp3) is 0.750. The van der Waals surface area contributed by atoms with Gasteiger partial charge in [-0.05, 0) is 104 Å². The highest BCUT2D eigenvalue weighted by Gasteiger charge is 2.72. The molecule has 16 atom stereocenters. The van der Waals surface area contributed by atoms with Crippen LogP contribution in [0.3, 0.4) is 0 Å². The van der Waals surface area contributed by atoms with Gasteiger partial charge in [-0.3, -0.25) is 4.79 Å². The van der Waals surface area contributed by atoms with E-state index in [0.717, 1.165) is 5.57 Å². The molecule has 8 N–H and O–H groups in total. The van der Waals surface area contributed by atoms with Gasteiger partial charge < -0.3 is 41.3 Å². The van der Waals surface area contributed by atoms with Crippen LogP contribution in [0, 0.1) is 52.3 Å². The molecule has 3 saturated carbocycles. The van der Waals surface area contributed by atoms with Crippen LogP contribution in [-0.4, -0.2) is 79.7 Å². The lowest BCUT2D eigenvalue weighted by atomic mass is 9.42. The molecule has 0 radical (unpaired) electrons. The molecular weight excluding hydrogens is 572 g/mol. The standard InChI is InChI=1S/C36H52N2O7/c1-18-17-45-31(19(18)2)32(42)34(4,43)28-9-10-36(44)24-12-25(39)23-11-26(40)27(41)15-35(23)14-20(22-7-8-29(37)38-16-22)5-6-21(30(24)35)13-33(28,36)3/h5-8,12,16,18-21,23,26-32,38,40-44H,9-11,13-15,17,37H2,1-4H3. The Bertz CT molecular complexity index is 1360. The summed E-state index contributed by atoms with van der Waals surface area (Å²) in [7, 11) is 0. The van der Waals surface area contributed by atoms with E-state index in [4.69, 9.17) is 10.5 Å². The lowest BCUT2D eigenvalue weighted by Crippen LogP contribution is -2.66. The Hall–Kier alpha value is -1.85. The van der Waals surface area contributed by atoms with Gasteiger partial charge in [0.15, 0.2) is 5.78 Å². The summed E-state index contributed by atoms with van der Waals surface area (Å²) >= 11 is 0. The van der Waals surface area contributed by atoms with E-state index in [9.17, 15) is 30.3 Å². The van der Waals surface area contributed by atoms with Crippen molar-refractivity contribution >= 4 is 5.78 Å². The van der Waals surface area contributed by atoms with Gasteiger partial charge in [-0.15, -0.1) is 0 Å². The van der Waals surface area contributed by atoms with Gasteiger partial charge >= 0.3 is 0 Å². The second kappa shape index (κ2) is 10.6. The van der Waals surface area contributed by atoms with E-state index in [0.29, 0.717) is 37.9 Å². The molecule has 45 heavy (non-hydrogen) atoms. The van der Waals surface area contributed by atoms with Crippen molar-refractivity contribution in [2.75, 3.05) is 6.61 Å². The molecule has 5 aliphatic carbocycles. The number of aliphatic hydroxyl groups excluding tert-OH is 3. The number of aliphatic hydroxyl groups is 5. The van der Waals surface area contributed by atoms with Gasteiger partial charge in [-0.25, -0.2) is 0 Å². The van der Waals surface area contributed by atoms with Gasteiger partial charge in [-0.1, -0.05) is 39.0 Å². The number of nitrogens with one attached hydrogen (secondary N) is 1. The SMILES string of the molecule is CC1COC(C(O)C(C)(O)C2CCC3(O)C4=CC(=O)C5CC(O)C(O)CC56CC(C5=CNC(N)C=C5)C=CC(CC23C)C46)C1C. The number of ketones is 1. The maximum atomic E-state index is 14.2. The minimum Gasteiger partial charge on any atom is -0.390 e. The molecular formula is C36H52N2O7. The van der Waals surface area contributed by atoms with Crippen LogP contribution in [-0.2, 0) is 9.53 Å². The highest BCUT2D eigenvalue weighted by atomic mass is 16.5. The Labute approximate surface area is 266 Å². The molecule has 2 heterocycles. The van der Waals surface area contributed by atoms with Crippen molar-refractivity contribution in [3.63, 3.8) is 0 Å². The summed E-state index contributed by atoms with van der Waals surface area (Å²) in [5.74, 6) is -1.04. The molecule has 248 valence electrons. The van der Waals surface area contributed by atoms with E-state index in [1.54, 1.807) is 13.0 Å². The summed E-state index contributed by atoms with van der Waals surface area (Å²) in [4.78, 5) is 14.2. The van der Waals surface area contributed by atoms with Crippen molar-refractivity contribution in [1.29, 1.82) is 0 Å². The molecule has 0 amide bonds. The van der Waals surface area contributed by atoms with Crippen LogP contribution in [0.1, 0.15) is 66.2 Å². The van der Waals surface area contributed by atoms with Crippen LogP contribution in [0.25, 0.3) is 0 Å². The quantitative estimate of drug-likeness (QED) is 0.232. The molecule has 7 rings (SSSR count). The Kier molecular flexibility index (Phi) is 7.46. The van der Waals surface area contributed by atoms with Gasteiger partial charge in [-0.2, -0.15) is 0 Å². The van der Waals surface area contributed by atoms with Crippen molar-refractivity contribution in [1.82, 2.24) is 5.32 Å². The first kappa shape index (κ1) is 31.7. The zero-order valence-corrected chi connectivity index (χ0v) is 27.0. The second-order valence-electron chi connectivity index (χ2n) is 16.3. The van der Waals surface area contributed by atoms with Gasteiger partial charge in [0.25, 0.3) is 0 Å². The zero-order valence-electron chi connectivity index (χ0n) is 27.0. The summed E-state index contributed by atoms with van der Waals surface area (Å²) in [6.45, 7) is 8.40. The molecule has 0 aromatic heterocycles. The molecule has 1 saturated heterocycles. The maximum absolute atomic E-state index is 14.2. The highest BCUT2D eigenvalue weighted by Crippen LogP contribution is 2.72. The average Bonchev–Trinajstić information content (AvgIpc) is 3.41. The zero-order chi connectivity index (χ0) is 32.3. The molecule has 4 fully saturated rings.